The van der Waals surface area contributed by atoms with Gasteiger partial charge in [0.1, 0.15) is 0 Å². The Morgan fingerprint density at radius 1 is 0.943 bits per heavy atom. The molecule has 0 aromatic heterocycles. The smallest absolute Gasteiger partial charge is 0.227 e. The van der Waals surface area contributed by atoms with Crippen LogP contribution in [0.1, 0.15) is 34.6 Å². The topological polar surface area (TPSA) is 84.3 Å². The van der Waals surface area contributed by atoms with Gasteiger partial charge in [0.15, 0.2) is 23.0 Å². The van der Waals surface area contributed by atoms with Crippen LogP contribution >= 0.6 is 0 Å². The summed E-state index contributed by atoms with van der Waals surface area (Å²) in [4.78, 5) is 16.8. The first-order valence-corrected chi connectivity index (χ1v) is 11.9. The summed E-state index contributed by atoms with van der Waals surface area (Å²) in [5.41, 5.74) is 4.63. The van der Waals surface area contributed by atoms with E-state index in [1.807, 2.05) is 35.0 Å². The van der Waals surface area contributed by atoms with Crippen LogP contribution in [0, 0.1) is 5.41 Å². The minimum atomic E-state index is 0.0837. The maximum absolute atomic E-state index is 12.9. The number of nitrogens with one attached hydrogen (secondary N) is 1. The average molecular weight is 482 g/mol. The summed E-state index contributed by atoms with van der Waals surface area (Å²) in [6.45, 7) is 1.94. The van der Waals surface area contributed by atoms with Crippen LogP contribution in [0.5, 0.6) is 23.0 Å². The van der Waals surface area contributed by atoms with E-state index in [0.29, 0.717) is 49.2 Å². The van der Waals surface area contributed by atoms with Gasteiger partial charge in [-0.2, -0.15) is 0 Å². The van der Waals surface area contributed by atoms with E-state index in [1.54, 1.807) is 28.4 Å². The molecule has 4 rings (SSSR count). The summed E-state index contributed by atoms with van der Waals surface area (Å²) in [6, 6.07) is 7.98. The van der Waals surface area contributed by atoms with Gasteiger partial charge in [0.2, 0.25) is 5.91 Å². The number of amidine groups is 1. The molecule has 1 aliphatic heterocycles. The molecule has 1 N–H and O–H groups in total. The number of carbonyl (C=O) groups is 1. The lowest BCUT2D eigenvalue weighted by atomic mass is 9.77. The van der Waals surface area contributed by atoms with Crippen molar-refractivity contribution in [3.05, 3.63) is 46.5 Å². The molecule has 0 unspecified atom stereocenters. The molecule has 35 heavy (non-hydrogen) atoms. The Morgan fingerprint density at radius 3 is 2.14 bits per heavy atom. The third-order valence-corrected chi connectivity index (χ3v) is 7.18. The lowest BCUT2D eigenvalue weighted by Crippen LogP contribution is -2.38. The number of benzene rings is 2. The van der Waals surface area contributed by atoms with Gasteiger partial charge in [-0.05, 0) is 59.4 Å². The summed E-state index contributed by atoms with van der Waals surface area (Å²) in [6.07, 6.45) is 2.58. The first kappa shape index (κ1) is 24.7. The van der Waals surface area contributed by atoms with Crippen molar-refractivity contribution in [2.75, 3.05) is 55.1 Å². The molecule has 2 aromatic rings. The van der Waals surface area contributed by atoms with Crippen LogP contribution in [0.2, 0.25) is 0 Å². The van der Waals surface area contributed by atoms with Gasteiger partial charge in [0.25, 0.3) is 0 Å². The van der Waals surface area contributed by atoms with Crippen LogP contribution in [0.3, 0.4) is 0 Å². The maximum atomic E-state index is 12.9. The van der Waals surface area contributed by atoms with Gasteiger partial charge >= 0.3 is 0 Å². The molecule has 0 saturated heterocycles. The van der Waals surface area contributed by atoms with E-state index in [9.17, 15) is 4.79 Å². The molecule has 8 nitrogen and oxygen atoms in total. The second kappa shape index (κ2) is 10.5. The first-order valence-electron chi connectivity index (χ1n) is 11.9. The fraction of sp³-hybridized carbons (Fsp3) is 0.481. The highest BCUT2D eigenvalue weighted by atomic mass is 16.5. The fourth-order valence-corrected chi connectivity index (χ4v) is 5.03. The van der Waals surface area contributed by atoms with E-state index in [2.05, 4.69) is 6.07 Å². The number of methoxy groups -OCH3 is 4. The lowest BCUT2D eigenvalue weighted by Gasteiger charge is -2.35. The summed E-state index contributed by atoms with van der Waals surface area (Å²) < 4.78 is 21.7. The number of ether oxygens (including phenoxy) is 4. The van der Waals surface area contributed by atoms with E-state index < -0.39 is 0 Å². The normalized spacial score (nSPS) is 16.4. The van der Waals surface area contributed by atoms with Gasteiger partial charge in [0, 0.05) is 39.0 Å². The second-order valence-electron chi connectivity index (χ2n) is 9.17. The number of hydrogen-bond acceptors (Lipinski definition) is 6. The number of fused-ring (bicyclic) bond motifs is 2. The van der Waals surface area contributed by atoms with Crippen molar-refractivity contribution in [3.8, 4) is 23.0 Å². The third kappa shape index (κ3) is 5.01. The molecule has 0 saturated carbocycles. The summed E-state index contributed by atoms with van der Waals surface area (Å²) in [5, 5.41) is 8.60. The van der Waals surface area contributed by atoms with Crippen LogP contribution in [-0.4, -0.2) is 76.7 Å². The standard InChI is InChI=1S/C27H35N3O5/c1-29(16-20-10-19-13-24(34-4)25(35-5)15-21(19)20)26(28)7-9-30-8-6-17-11-22(32-2)23(33-3)12-18(17)14-27(30)31/h11-13,15,20,28H,6-10,14,16H2,1-5H3/t20-/m1/s1. The number of amides is 1. The van der Waals surface area contributed by atoms with Crippen molar-refractivity contribution in [3.63, 3.8) is 0 Å². The molecule has 1 aliphatic carbocycles. The van der Waals surface area contributed by atoms with Crippen molar-refractivity contribution in [1.82, 2.24) is 9.80 Å². The van der Waals surface area contributed by atoms with Gasteiger partial charge < -0.3 is 28.7 Å². The molecule has 2 aliphatic rings. The van der Waals surface area contributed by atoms with Crippen molar-refractivity contribution in [1.29, 1.82) is 5.41 Å². The minimum absolute atomic E-state index is 0.0837. The minimum Gasteiger partial charge on any atom is -0.493 e. The SMILES string of the molecule is COc1cc2c(cc1OC)CC(=O)N(CCC(=N)N(C)C[C@H]1Cc3cc(OC)c(OC)cc31)CC2. The van der Waals surface area contributed by atoms with Gasteiger partial charge in [-0.1, -0.05) is 0 Å². The Kier molecular flexibility index (Phi) is 7.38. The van der Waals surface area contributed by atoms with Crippen molar-refractivity contribution >= 4 is 11.7 Å². The highest BCUT2D eigenvalue weighted by Crippen LogP contribution is 2.42. The maximum Gasteiger partial charge on any atom is 0.227 e. The fourth-order valence-electron chi connectivity index (χ4n) is 5.03. The number of carbonyl (C=O) groups excluding carboxylic acids is 1. The zero-order valence-electron chi connectivity index (χ0n) is 21.3. The molecular weight excluding hydrogens is 446 g/mol. The van der Waals surface area contributed by atoms with Crippen molar-refractivity contribution in [2.24, 2.45) is 0 Å². The van der Waals surface area contributed by atoms with Gasteiger partial charge in [-0.25, -0.2) is 0 Å². The lowest BCUT2D eigenvalue weighted by molar-refractivity contribution is -0.130. The van der Waals surface area contributed by atoms with Crippen molar-refractivity contribution < 1.29 is 23.7 Å². The number of hydrogen-bond donors (Lipinski definition) is 1. The summed E-state index contributed by atoms with van der Waals surface area (Å²) in [5.74, 6) is 3.80. The monoisotopic (exact) mass is 481 g/mol. The Bertz CT molecular complexity index is 1120. The predicted octanol–water partition coefficient (Wildman–Crippen LogP) is 3.29. The Hall–Kier alpha value is -3.42. The zero-order valence-corrected chi connectivity index (χ0v) is 21.3. The zero-order chi connectivity index (χ0) is 25.1. The number of likely N-dealkylation sites (N-methyl/N-ethyl adjacent to an activating group) is 1. The van der Waals surface area contributed by atoms with E-state index in [4.69, 9.17) is 24.4 Å². The molecule has 0 bridgehead atoms. The van der Waals surface area contributed by atoms with Crippen LogP contribution in [0.15, 0.2) is 24.3 Å². The molecule has 0 radical (unpaired) electrons. The highest BCUT2D eigenvalue weighted by Gasteiger charge is 2.30. The Morgan fingerprint density at radius 2 is 1.51 bits per heavy atom. The largest absolute Gasteiger partial charge is 0.493 e. The van der Waals surface area contributed by atoms with E-state index in [-0.39, 0.29) is 5.91 Å². The van der Waals surface area contributed by atoms with Gasteiger partial charge in [-0.3, -0.25) is 10.2 Å². The van der Waals surface area contributed by atoms with Crippen LogP contribution < -0.4 is 18.9 Å². The van der Waals surface area contributed by atoms with Crippen molar-refractivity contribution in [2.45, 2.75) is 31.6 Å². The molecule has 0 fully saturated rings. The summed E-state index contributed by atoms with van der Waals surface area (Å²) >= 11 is 0. The molecular formula is C27H35N3O5. The Balaban J connectivity index is 1.32. The first-order chi connectivity index (χ1) is 16.9. The molecule has 188 valence electrons. The second-order valence-corrected chi connectivity index (χ2v) is 9.17. The third-order valence-electron chi connectivity index (χ3n) is 7.18. The average Bonchev–Trinajstić information content (AvgIpc) is 3.01. The predicted molar refractivity (Wildman–Crippen MR) is 134 cm³/mol. The number of rotatable bonds is 9. The molecule has 0 spiro atoms. The Labute approximate surface area is 207 Å². The van der Waals surface area contributed by atoms with Crippen LogP contribution in [-0.2, 0) is 24.1 Å². The highest BCUT2D eigenvalue weighted by molar-refractivity contribution is 5.82. The molecule has 1 heterocycles. The molecule has 2 aromatic carbocycles. The van der Waals surface area contributed by atoms with E-state index in [0.717, 1.165) is 42.0 Å². The van der Waals surface area contributed by atoms with Crippen LogP contribution in [0.25, 0.3) is 0 Å². The van der Waals surface area contributed by atoms with E-state index >= 15 is 0 Å². The van der Waals surface area contributed by atoms with E-state index in [1.165, 1.54) is 11.1 Å². The quantitative estimate of drug-likeness (QED) is 0.437. The van der Waals surface area contributed by atoms with Crippen LogP contribution in [0.4, 0.5) is 0 Å². The molecule has 1 amide bonds. The number of nitrogens with zero attached hydrogens (tertiary/aromatic N) is 2. The molecule has 8 heteroatoms. The molecule has 1 atom stereocenters. The van der Waals surface area contributed by atoms with Gasteiger partial charge in [-0.15, -0.1) is 0 Å². The van der Waals surface area contributed by atoms with Gasteiger partial charge in [0.05, 0.1) is 40.7 Å². The summed E-state index contributed by atoms with van der Waals surface area (Å²) in [7, 11) is 8.48.